The van der Waals surface area contributed by atoms with Gasteiger partial charge in [-0.1, -0.05) is 59.5 Å². The molecule has 0 aliphatic rings. The Morgan fingerprint density at radius 1 is 1.07 bits per heavy atom. The molecule has 0 amide bonds. The van der Waals surface area contributed by atoms with Crippen LogP contribution >= 0.6 is 0 Å². The van der Waals surface area contributed by atoms with E-state index in [1.54, 1.807) is 0 Å². The zero-order chi connectivity index (χ0) is 11.0. The molecule has 0 saturated heterocycles. The molecule has 0 nitrogen and oxygen atoms in total. The van der Waals surface area contributed by atoms with Crippen LogP contribution in [0.3, 0.4) is 0 Å². The van der Waals surface area contributed by atoms with Crippen LogP contribution in [0.4, 0.5) is 0 Å². The quantitative estimate of drug-likeness (QED) is 0.476. The van der Waals surface area contributed by atoms with Crippen LogP contribution in [-0.4, -0.2) is 0 Å². The van der Waals surface area contributed by atoms with Gasteiger partial charge in [-0.15, -0.1) is 6.58 Å². The van der Waals surface area contributed by atoms with Crippen LogP contribution in [0.15, 0.2) is 12.7 Å². The third kappa shape index (κ3) is 7.17. The lowest BCUT2D eigenvalue weighted by Gasteiger charge is -2.15. The monoisotopic (exact) mass is 196 g/mol. The molecule has 0 aromatic heterocycles. The molecule has 84 valence electrons. The summed E-state index contributed by atoms with van der Waals surface area (Å²) in [4.78, 5) is 0. The van der Waals surface area contributed by atoms with Gasteiger partial charge in [-0.2, -0.15) is 0 Å². The topological polar surface area (TPSA) is 0 Å². The lowest BCUT2D eigenvalue weighted by Crippen LogP contribution is -2.02. The minimum absolute atomic E-state index is 0.689. The van der Waals surface area contributed by atoms with Crippen LogP contribution < -0.4 is 0 Å². The molecule has 0 aromatic rings. The van der Waals surface area contributed by atoms with Crippen LogP contribution in [0.1, 0.15) is 59.8 Å². The van der Waals surface area contributed by atoms with Crippen molar-refractivity contribution in [1.29, 1.82) is 0 Å². The average Bonchev–Trinajstić information content (AvgIpc) is 2.17. The van der Waals surface area contributed by atoms with E-state index in [4.69, 9.17) is 0 Å². The van der Waals surface area contributed by atoms with Gasteiger partial charge in [0.25, 0.3) is 0 Å². The highest BCUT2D eigenvalue weighted by atomic mass is 14.1. The Hall–Kier alpha value is -0.260. The summed E-state index contributed by atoms with van der Waals surface area (Å²) in [5, 5.41) is 0. The minimum Gasteiger partial charge on any atom is -0.103 e. The average molecular weight is 196 g/mol. The lowest BCUT2D eigenvalue weighted by atomic mass is 9.91. The van der Waals surface area contributed by atoms with Gasteiger partial charge in [-0.25, -0.2) is 0 Å². The molecule has 0 N–H and O–H groups in total. The van der Waals surface area contributed by atoms with Gasteiger partial charge in [0.1, 0.15) is 0 Å². The highest BCUT2D eigenvalue weighted by molar-refractivity contribution is 4.76. The van der Waals surface area contributed by atoms with E-state index in [0.29, 0.717) is 5.92 Å². The Labute approximate surface area is 90.8 Å². The molecule has 3 atom stereocenters. The smallest absolute Gasteiger partial charge is 0.0262 e. The van der Waals surface area contributed by atoms with Crippen molar-refractivity contribution >= 4 is 0 Å². The van der Waals surface area contributed by atoms with Gasteiger partial charge in [-0.3, -0.25) is 0 Å². The van der Waals surface area contributed by atoms with Gasteiger partial charge in [0, 0.05) is 0 Å². The maximum atomic E-state index is 3.84. The largest absolute Gasteiger partial charge is 0.103 e. The van der Waals surface area contributed by atoms with Crippen molar-refractivity contribution in [3.8, 4) is 0 Å². The molecule has 0 aliphatic heterocycles. The summed E-state index contributed by atoms with van der Waals surface area (Å²) in [7, 11) is 0. The molecule has 0 aliphatic carbocycles. The fraction of sp³-hybridized carbons (Fsp3) is 0.857. The van der Waals surface area contributed by atoms with Gasteiger partial charge in [-0.05, 0) is 24.2 Å². The van der Waals surface area contributed by atoms with E-state index in [1.807, 2.05) is 0 Å². The Balaban J connectivity index is 3.44. The number of hydrogen-bond acceptors (Lipinski definition) is 0. The summed E-state index contributed by atoms with van der Waals surface area (Å²) in [6.07, 6.45) is 8.92. The maximum absolute atomic E-state index is 3.84. The fourth-order valence-corrected chi connectivity index (χ4v) is 1.87. The van der Waals surface area contributed by atoms with Crippen LogP contribution in [0, 0.1) is 17.8 Å². The van der Waals surface area contributed by atoms with Crippen molar-refractivity contribution in [3.05, 3.63) is 12.7 Å². The predicted octanol–water partition coefficient (Wildman–Crippen LogP) is 5.05. The van der Waals surface area contributed by atoms with E-state index < -0.39 is 0 Å². The zero-order valence-corrected chi connectivity index (χ0v) is 10.6. The van der Waals surface area contributed by atoms with Gasteiger partial charge >= 0.3 is 0 Å². The van der Waals surface area contributed by atoms with Crippen LogP contribution in [-0.2, 0) is 0 Å². The third-order valence-electron chi connectivity index (χ3n) is 3.27. The minimum atomic E-state index is 0.689. The predicted molar refractivity (Wildman–Crippen MR) is 66.4 cm³/mol. The molecule has 0 spiro atoms. The second-order valence-electron chi connectivity index (χ2n) is 5.00. The summed E-state index contributed by atoms with van der Waals surface area (Å²) < 4.78 is 0. The molecule has 0 aromatic carbocycles. The van der Waals surface area contributed by atoms with Gasteiger partial charge in [0.15, 0.2) is 0 Å². The van der Waals surface area contributed by atoms with Gasteiger partial charge in [0.2, 0.25) is 0 Å². The van der Waals surface area contributed by atoms with E-state index in [-0.39, 0.29) is 0 Å². The van der Waals surface area contributed by atoms with E-state index >= 15 is 0 Å². The first-order valence-electron chi connectivity index (χ1n) is 6.22. The molecule has 0 heteroatoms. The second-order valence-corrected chi connectivity index (χ2v) is 5.00. The van der Waals surface area contributed by atoms with Crippen molar-refractivity contribution in [2.24, 2.45) is 17.8 Å². The maximum Gasteiger partial charge on any atom is -0.0262 e. The third-order valence-corrected chi connectivity index (χ3v) is 3.27. The molecule has 3 unspecified atom stereocenters. The van der Waals surface area contributed by atoms with E-state index in [1.165, 1.54) is 32.1 Å². The number of rotatable bonds is 8. The molecule has 14 heavy (non-hydrogen) atoms. The highest BCUT2D eigenvalue weighted by Gasteiger charge is 2.06. The first-order chi connectivity index (χ1) is 6.60. The Morgan fingerprint density at radius 3 is 2.14 bits per heavy atom. The van der Waals surface area contributed by atoms with Gasteiger partial charge in [0.05, 0.1) is 0 Å². The summed E-state index contributed by atoms with van der Waals surface area (Å²) in [6, 6.07) is 0. The Morgan fingerprint density at radius 2 is 1.64 bits per heavy atom. The molecule has 0 radical (unpaired) electrons. The normalized spacial score (nSPS) is 17.4. The molecule has 0 saturated carbocycles. The standard InChI is InChI=1S/C14H28/c1-6-12(3)9-8-10-14(5)11-13(4)7-2/h7,12-14H,2,6,8-11H2,1,3-5H3. The molecular weight excluding hydrogens is 168 g/mol. The van der Waals surface area contributed by atoms with Crippen LogP contribution in [0.2, 0.25) is 0 Å². The SMILES string of the molecule is C=CC(C)CC(C)CCCC(C)CC. The van der Waals surface area contributed by atoms with Crippen LogP contribution in [0.5, 0.6) is 0 Å². The molecule has 0 bridgehead atoms. The number of allylic oxidation sites excluding steroid dienone is 1. The first-order valence-corrected chi connectivity index (χ1v) is 6.22. The van der Waals surface area contributed by atoms with E-state index in [0.717, 1.165) is 11.8 Å². The zero-order valence-electron chi connectivity index (χ0n) is 10.6. The van der Waals surface area contributed by atoms with E-state index in [9.17, 15) is 0 Å². The highest BCUT2D eigenvalue weighted by Crippen LogP contribution is 2.20. The van der Waals surface area contributed by atoms with Gasteiger partial charge < -0.3 is 0 Å². The number of hydrogen-bond donors (Lipinski definition) is 0. The molecular formula is C14H28. The van der Waals surface area contributed by atoms with Crippen molar-refractivity contribution in [2.75, 3.05) is 0 Å². The van der Waals surface area contributed by atoms with E-state index in [2.05, 4.69) is 40.3 Å². The molecule has 0 fully saturated rings. The molecule has 0 heterocycles. The lowest BCUT2D eigenvalue weighted by molar-refractivity contribution is 0.394. The fourth-order valence-electron chi connectivity index (χ4n) is 1.87. The summed E-state index contributed by atoms with van der Waals surface area (Å²) in [5.41, 5.74) is 0. The summed E-state index contributed by atoms with van der Waals surface area (Å²) >= 11 is 0. The second kappa shape index (κ2) is 8.08. The Kier molecular flexibility index (Phi) is 7.93. The summed E-state index contributed by atoms with van der Waals surface area (Å²) in [6.45, 7) is 13.1. The van der Waals surface area contributed by atoms with Crippen molar-refractivity contribution < 1.29 is 0 Å². The van der Waals surface area contributed by atoms with Crippen LogP contribution in [0.25, 0.3) is 0 Å². The first kappa shape index (κ1) is 13.7. The van der Waals surface area contributed by atoms with Crippen molar-refractivity contribution in [1.82, 2.24) is 0 Å². The molecule has 0 rings (SSSR count). The summed E-state index contributed by atoms with van der Waals surface area (Å²) in [5.74, 6) is 2.47. The van der Waals surface area contributed by atoms with Crippen molar-refractivity contribution in [2.45, 2.75) is 59.8 Å². The Bertz CT molecular complexity index is 137. The van der Waals surface area contributed by atoms with Crippen molar-refractivity contribution in [3.63, 3.8) is 0 Å².